The maximum atomic E-state index is 11.8. The molecule has 1 fully saturated rings. The third-order valence-corrected chi connectivity index (χ3v) is 4.86. The van der Waals surface area contributed by atoms with Crippen LogP contribution < -0.4 is 10.2 Å². The van der Waals surface area contributed by atoms with Crippen molar-refractivity contribution in [1.82, 2.24) is 10.3 Å². The second-order valence-electron chi connectivity index (χ2n) is 5.53. The van der Waals surface area contributed by atoms with Gasteiger partial charge in [-0.15, -0.1) is 11.3 Å². The highest BCUT2D eigenvalue weighted by Crippen LogP contribution is 2.24. The summed E-state index contributed by atoms with van der Waals surface area (Å²) < 4.78 is 0. The third-order valence-electron chi connectivity index (χ3n) is 3.87. The summed E-state index contributed by atoms with van der Waals surface area (Å²) in [5, 5.41) is 6.46. The van der Waals surface area contributed by atoms with Crippen LogP contribution >= 0.6 is 22.9 Å². The van der Waals surface area contributed by atoms with Gasteiger partial charge >= 0.3 is 0 Å². The highest BCUT2D eigenvalue weighted by atomic mass is 35.5. The Kier molecular flexibility index (Phi) is 5.31. The number of aromatic nitrogens is 1. The predicted octanol–water partition coefficient (Wildman–Crippen LogP) is 3.45. The first-order valence-corrected chi connectivity index (χ1v) is 8.82. The van der Waals surface area contributed by atoms with Crippen LogP contribution in [-0.2, 0) is 4.79 Å². The van der Waals surface area contributed by atoms with Crippen LogP contribution in [0.15, 0.2) is 41.9 Å². The summed E-state index contributed by atoms with van der Waals surface area (Å²) in [4.78, 5) is 18.3. The van der Waals surface area contributed by atoms with E-state index in [-0.39, 0.29) is 5.91 Å². The SMILES string of the molecule is O=C(/C=C/c1nccs1)NC[C@@H]1CCN(c2ccc(Cl)cc2)C1. The van der Waals surface area contributed by atoms with Crippen molar-refractivity contribution in [1.29, 1.82) is 0 Å². The molecule has 1 aliphatic heterocycles. The molecule has 1 aromatic carbocycles. The Labute approximate surface area is 144 Å². The Morgan fingerprint density at radius 3 is 3.00 bits per heavy atom. The van der Waals surface area contributed by atoms with Crippen LogP contribution in [0.1, 0.15) is 11.4 Å². The van der Waals surface area contributed by atoms with Crippen LogP contribution in [-0.4, -0.2) is 30.5 Å². The molecule has 4 nitrogen and oxygen atoms in total. The lowest BCUT2D eigenvalue weighted by Gasteiger charge is -2.18. The molecule has 1 saturated heterocycles. The first-order valence-electron chi connectivity index (χ1n) is 7.56. The molecule has 0 saturated carbocycles. The van der Waals surface area contributed by atoms with E-state index in [0.29, 0.717) is 12.5 Å². The summed E-state index contributed by atoms with van der Waals surface area (Å²) in [6.07, 6.45) is 6.10. The summed E-state index contributed by atoms with van der Waals surface area (Å²) >= 11 is 7.44. The molecule has 0 bridgehead atoms. The van der Waals surface area contributed by atoms with E-state index in [1.807, 2.05) is 29.6 Å². The minimum absolute atomic E-state index is 0.0647. The molecule has 1 aromatic heterocycles. The van der Waals surface area contributed by atoms with E-state index in [2.05, 4.69) is 15.2 Å². The predicted molar refractivity (Wildman–Crippen MR) is 95.9 cm³/mol. The summed E-state index contributed by atoms with van der Waals surface area (Å²) in [6, 6.07) is 7.91. The second kappa shape index (κ2) is 7.62. The largest absolute Gasteiger partial charge is 0.371 e. The molecule has 0 radical (unpaired) electrons. The van der Waals surface area contributed by atoms with Crippen LogP contribution in [0.2, 0.25) is 5.02 Å². The van der Waals surface area contributed by atoms with Gasteiger partial charge in [0.1, 0.15) is 5.01 Å². The number of rotatable bonds is 5. The second-order valence-corrected chi connectivity index (χ2v) is 6.89. The lowest BCUT2D eigenvalue weighted by atomic mass is 10.1. The lowest BCUT2D eigenvalue weighted by Crippen LogP contribution is -2.29. The van der Waals surface area contributed by atoms with Gasteiger partial charge in [0.05, 0.1) is 0 Å². The van der Waals surface area contributed by atoms with E-state index in [1.165, 1.54) is 17.0 Å². The van der Waals surface area contributed by atoms with E-state index < -0.39 is 0 Å². The van der Waals surface area contributed by atoms with Crippen LogP contribution in [0.5, 0.6) is 0 Å². The number of carbonyl (C=O) groups is 1. The van der Waals surface area contributed by atoms with Crippen LogP contribution in [0, 0.1) is 5.92 Å². The van der Waals surface area contributed by atoms with Crippen molar-refractivity contribution in [3.63, 3.8) is 0 Å². The first kappa shape index (κ1) is 16.0. The van der Waals surface area contributed by atoms with E-state index >= 15 is 0 Å². The van der Waals surface area contributed by atoms with Gasteiger partial charge in [-0.25, -0.2) is 4.98 Å². The standard InChI is InChI=1S/C17H18ClN3OS/c18-14-1-3-15(4-2-14)21-9-7-13(12-21)11-20-16(22)5-6-17-19-8-10-23-17/h1-6,8,10,13H,7,9,11-12H2,(H,20,22)/b6-5+/t13-/m0/s1. The Morgan fingerprint density at radius 2 is 2.26 bits per heavy atom. The van der Waals surface area contributed by atoms with Crippen molar-refractivity contribution >= 4 is 40.6 Å². The smallest absolute Gasteiger partial charge is 0.244 e. The number of thiazole rings is 1. The van der Waals surface area contributed by atoms with Crippen molar-refractivity contribution in [2.75, 3.05) is 24.5 Å². The molecule has 23 heavy (non-hydrogen) atoms. The summed E-state index contributed by atoms with van der Waals surface area (Å²) in [6.45, 7) is 2.67. The summed E-state index contributed by atoms with van der Waals surface area (Å²) in [5.41, 5.74) is 1.19. The quantitative estimate of drug-likeness (QED) is 0.842. The molecular formula is C17H18ClN3OS. The molecule has 0 spiro atoms. The van der Waals surface area contributed by atoms with Gasteiger partial charge in [0.2, 0.25) is 5.91 Å². The molecule has 2 heterocycles. The van der Waals surface area contributed by atoms with Crippen LogP contribution in [0.25, 0.3) is 6.08 Å². The molecule has 6 heteroatoms. The Bertz CT molecular complexity index is 670. The van der Waals surface area contributed by atoms with Crippen molar-refractivity contribution in [3.8, 4) is 0 Å². The fourth-order valence-corrected chi connectivity index (χ4v) is 3.31. The van der Waals surface area contributed by atoms with Crippen molar-refractivity contribution < 1.29 is 4.79 Å². The molecule has 1 amide bonds. The van der Waals surface area contributed by atoms with Gasteiger partial charge in [-0.05, 0) is 42.7 Å². The number of anilines is 1. The summed E-state index contributed by atoms with van der Waals surface area (Å²) in [7, 11) is 0. The number of nitrogens with one attached hydrogen (secondary N) is 1. The van der Waals surface area contributed by atoms with Crippen LogP contribution in [0.3, 0.4) is 0 Å². The van der Waals surface area contributed by atoms with Gasteiger partial charge in [-0.2, -0.15) is 0 Å². The summed E-state index contributed by atoms with van der Waals surface area (Å²) in [5.74, 6) is 0.410. The molecule has 120 valence electrons. The van der Waals surface area contributed by atoms with Gasteiger partial charge in [0.15, 0.2) is 0 Å². The number of hydrogen-bond donors (Lipinski definition) is 1. The van der Waals surface area contributed by atoms with E-state index in [4.69, 9.17) is 11.6 Å². The molecular weight excluding hydrogens is 330 g/mol. The van der Waals surface area contributed by atoms with Gasteiger partial charge < -0.3 is 10.2 Å². The van der Waals surface area contributed by atoms with E-state index in [1.54, 1.807) is 18.3 Å². The molecule has 0 unspecified atom stereocenters. The monoisotopic (exact) mass is 347 g/mol. The lowest BCUT2D eigenvalue weighted by molar-refractivity contribution is -0.116. The minimum Gasteiger partial charge on any atom is -0.371 e. The Balaban J connectivity index is 1.45. The van der Waals surface area contributed by atoms with Gasteiger partial charge in [-0.1, -0.05) is 11.6 Å². The number of benzene rings is 1. The number of nitrogens with zero attached hydrogens (tertiary/aromatic N) is 2. The number of hydrogen-bond acceptors (Lipinski definition) is 4. The fraction of sp³-hybridized carbons (Fsp3) is 0.294. The van der Waals surface area contributed by atoms with Crippen LogP contribution in [0.4, 0.5) is 5.69 Å². The average molecular weight is 348 g/mol. The average Bonchev–Trinajstić information content (AvgIpc) is 3.23. The van der Waals surface area contributed by atoms with Gasteiger partial charge in [0.25, 0.3) is 0 Å². The normalized spacial score (nSPS) is 17.8. The van der Waals surface area contributed by atoms with Crippen molar-refractivity contribution in [2.45, 2.75) is 6.42 Å². The zero-order valence-electron chi connectivity index (χ0n) is 12.6. The fourth-order valence-electron chi connectivity index (χ4n) is 2.65. The maximum absolute atomic E-state index is 11.8. The Morgan fingerprint density at radius 1 is 1.43 bits per heavy atom. The highest BCUT2D eigenvalue weighted by Gasteiger charge is 2.22. The van der Waals surface area contributed by atoms with E-state index in [0.717, 1.165) is 29.5 Å². The van der Waals surface area contributed by atoms with E-state index in [9.17, 15) is 4.79 Å². The molecule has 3 rings (SSSR count). The Hall–Kier alpha value is -1.85. The highest BCUT2D eigenvalue weighted by molar-refractivity contribution is 7.10. The molecule has 1 atom stereocenters. The first-order chi connectivity index (χ1) is 11.2. The van der Waals surface area contributed by atoms with Crippen molar-refractivity contribution in [3.05, 3.63) is 51.9 Å². The minimum atomic E-state index is -0.0647. The van der Waals surface area contributed by atoms with Crippen molar-refractivity contribution in [2.24, 2.45) is 5.92 Å². The third kappa shape index (κ3) is 4.56. The zero-order valence-corrected chi connectivity index (χ0v) is 14.2. The zero-order chi connectivity index (χ0) is 16.1. The number of carbonyl (C=O) groups excluding carboxylic acids is 1. The number of halogens is 1. The molecule has 1 aliphatic rings. The molecule has 2 aromatic rings. The number of amides is 1. The molecule has 0 aliphatic carbocycles. The van der Waals surface area contributed by atoms with Gasteiger partial charge in [0, 0.05) is 48.0 Å². The topological polar surface area (TPSA) is 45.2 Å². The van der Waals surface area contributed by atoms with Gasteiger partial charge in [-0.3, -0.25) is 4.79 Å². The maximum Gasteiger partial charge on any atom is 0.244 e. The molecule has 1 N–H and O–H groups in total.